The van der Waals surface area contributed by atoms with Crippen molar-refractivity contribution in [2.24, 2.45) is 16.5 Å². The van der Waals surface area contributed by atoms with E-state index >= 15 is 0 Å². The summed E-state index contributed by atoms with van der Waals surface area (Å²) in [5.41, 5.74) is 10.2. The summed E-state index contributed by atoms with van der Waals surface area (Å²) in [6, 6.07) is 0. The van der Waals surface area contributed by atoms with E-state index in [4.69, 9.17) is 20.9 Å². The van der Waals surface area contributed by atoms with Crippen molar-refractivity contribution in [1.82, 2.24) is 0 Å². The first-order chi connectivity index (χ1) is 7.66. The van der Waals surface area contributed by atoms with Gasteiger partial charge in [0, 0.05) is 0 Å². The first-order valence-corrected chi connectivity index (χ1v) is 5.03. The highest BCUT2D eigenvalue weighted by molar-refractivity contribution is 5.75. The first kappa shape index (κ1) is 14.7. The Morgan fingerprint density at radius 3 is 2.50 bits per heavy atom. The van der Waals surface area contributed by atoms with Crippen molar-refractivity contribution in [2.75, 3.05) is 39.6 Å². The van der Waals surface area contributed by atoms with Crippen LogP contribution in [-0.2, 0) is 19.0 Å². The van der Waals surface area contributed by atoms with Crippen LogP contribution in [0.5, 0.6) is 0 Å². The Bertz CT molecular complexity index is 217. The molecular weight excluding hydrogens is 214 g/mol. The zero-order chi connectivity index (χ0) is 12.2. The number of hydrogen-bond donors (Lipinski definition) is 2. The summed E-state index contributed by atoms with van der Waals surface area (Å²) >= 11 is 0. The summed E-state index contributed by atoms with van der Waals surface area (Å²) < 4.78 is 14.8. The zero-order valence-electron chi connectivity index (χ0n) is 9.48. The normalized spacial score (nSPS) is 9.81. The third-order valence-corrected chi connectivity index (χ3v) is 1.43. The molecule has 94 valence electrons. The SMILES string of the molecule is CCOC(=O)COCCOCCN=C(N)N. The minimum absolute atomic E-state index is 0.0437. The second-order valence-electron chi connectivity index (χ2n) is 2.78. The number of ether oxygens (including phenoxy) is 3. The number of aliphatic imine (C=N–C) groups is 1. The average molecular weight is 233 g/mol. The lowest BCUT2D eigenvalue weighted by Gasteiger charge is -2.04. The van der Waals surface area contributed by atoms with Gasteiger partial charge in [0.15, 0.2) is 5.96 Å². The highest BCUT2D eigenvalue weighted by atomic mass is 16.6. The van der Waals surface area contributed by atoms with E-state index < -0.39 is 0 Å². The van der Waals surface area contributed by atoms with Crippen LogP contribution in [0, 0.1) is 0 Å². The molecule has 0 aliphatic rings. The Morgan fingerprint density at radius 1 is 1.19 bits per heavy atom. The van der Waals surface area contributed by atoms with Crippen LogP contribution >= 0.6 is 0 Å². The molecule has 0 saturated carbocycles. The summed E-state index contributed by atoms with van der Waals surface area (Å²) in [4.78, 5) is 14.5. The van der Waals surface area contributed by atoms with Gasteiger partial charge in [-0.2, -0.15) is 0 Å². The van der Waals surface area contributed by atoms with Gasteiger partial charge in [-0.25, -0.2) is 4.79 Å². The van der Waals surface area contributed by atoms with Gasteiger partial charge in [0.05, 0.1) is 33.0 Å². The largest absolute Gasteiger partial charge is 0.464 e. The van der Waals surface area contributed by atoms with E-state index in [1.807, 2.05) is 0 Å². The Hall–Kier alpha value is -1.34. The fraction of sp³-hybridized carbons (Fsp3) is 0.778. The number of guanidine groups is 1. The van der Waals surface area contributed by atoms with Gasteiger partial charge in [0.1, 0.15) is 6.61 Å². The lowest BCUT2D eigenvalue weighted by molar-refractivity contribution is -0.148. The van der Waals surface area contributed by atoms with E-state index in [2.05, 4.69) is 9.73 Å². The monoisotopic (exact) mass is 233 g/mol. The van der Waals surface area contributed by atoms with Crippen molar-refractivity contribution in [3.05, 3.63) is 0 Å². The molecule has 4 N–H and O–H groups in total. The quantitative estimate of drug-likeness (QED) is 0.225. The van der Waals surface area contributed by atoms with E-state index in [0.717, 1.165) is 0 Å². The molecule has 0 heterocycles. The van der Waals surface area contributed by atoms with Crippen molar-refractivity contribution in [1.29, 1.82) is 0 Å². The van der Waals surface area contributed by atoms with E-state index in [0.29, 0.717) is 33.0 Å². The molecule has 0 saturated heterocycles. The van der Waals surface area contributed by atoms with Gasteiger partial charge in [0.25, 0.3) is 0 Å². The van der Waals surface area contributed by atoms with Crippen LogP contribution in [0.1, 0.15) is 6.92 Å². The molecule has 0 aliphatic heterocycles. The molecule has 0 radical (unpaired) electrons. The van der Waals surface area contributed by atoms with Crippen LogP contribution in [0.25, 0.3) is 0 Å². The molecule has 0 atom stereocenters. The van der Waals surface area contributed by atoms with Gasteiger partial charge >= 0.3 is 5.97 Å². The third-order valence-electron chi connectivity index (χ3n) is 1.43. The fourth-order valence-electron chi connectivity index (χ4n) is 0.817. The maximum absolute atomic E-state index is 10.8. The number of nitrogens with two attached hydrogens (primary N) is 2. The van der Waals surface area contributed by atoms with Gasteiger partial charge < -0.3 is 25.7 Å². The zero-order valence-corrected chi connectivity index (χ0v) is 9.48. The van der Waals surface area contributed by atoms with Gasteiger partial charge in [-0.05, 0) is 6.92 Å². The predicted molar refractivity (Wildman–Crippen MR) is 58.9 cm³/mol. The second-order valence-corrected chi connectivity index (χ2v) is 2.78. The molecule has 0 aliphatic carbocycles. The van der Waals surface area contributed by atoms with Crippen LogP contribution in [0.3, 0.4) is 0 Å². The van der Waals surface area contributed by atoms with E-state index in [1.54, 1.807) is 6.92 Å². The summed E-state index contributed by atoms with van der Waals surface area (Å²) in [5, 5.41) is 0. The maximum Gasteiger partial charge on any atom is 0.332 e. The van der Waals surface area contributed by atoms with Gasteiger partial charge in [0.2, 0.25) is 0 Å². The molecule has 16 heavy (non-hydrogen) atoms. The van der Waals surface area contributed by atoms with E-state index in [-0.39, 0.29) is 18.5 Å². The van der Waals surface area contributed by atoms with Crippen LogP contribution in [0.15, 0.2) is 4.99 Å². The van der Waals surface area contributed by atoms with Crippen LogP contribution < -0.4 is 11.5 Å². The molecule has 0 aromatic rings. The Balaban J connectivity index is 3.15. The molecule has 0 spiro atoms. The van der Waals surface area contributed by atoms with Gasteiger partial charge in [-0.3, -0.25) is 4.99 Å². The summed E-state index contributed by atoms with van der Waals surface area (Å²) in [6.45, 7) is 3.61. The van der Waals surface area contributed by atoms with Crippen molar-refractivity contribution in [3.8, 4) is 0 Å². The Morgan fingerprint density at radius 2 is 1.88 bits per heavy atom. The second kappa shape index (κ2) is 10.2. The minimum atomic E-state index is -0.372. The number of hydrogen-bond acceptors (Lipinski definition) is 5. The minimum Gasteiger partial charge on any atom is -0.464 e. The smallest absolute Gasteiger partial charge is 0.332 e. The van der Waals surface area contributed by atoms with Crippen molar-refractivity contribution in [3.63, 3.8) is 0 Å². The molecule has 0 aromatic heterocycles. The number of carbonyl (C=O) groups is 1. The summed E-state index contributed by atoms with van der Waals surface area (Å²) in [7, 11) is 0. The molecular formula is C9H19N3O4. The number of nitrogens with zero attached hydrogens (tertiary/aromatic N) is 1. The molecule has 7 nitrogen and oxygen atoms in total. The highest BCUT2D eigenvalue weighted by Crippen LogP contribution is 1.83. The fourth-order valence-corrected chi connectivity index (χ4v) is 0.817. The average Bonchev–Trinajstić information content (AvgIpc) is 2.22. The summed E-state index contributed by atoms with van der Waals surface area (Å²) in [5.74, 6) is -0.329. The molecule has 0 amide bonds. The predicted octanol–water partition coefficient (Wildman–Crippen LogP) is -1.14. The standard InChI is InChI=1S/C9H19N3O4/c1-2-16-8(13)7-15-6-5-14-4-3-12-9(10)11/h2-7H2,1H3,(H4,10,11,12). The maximum atomic E-state index is 10.8. The topological polar surface area (TPSA) is 109 Å². The molecule has 0 unspecified atom stereocenters. The Kier molecular flexibility index (Phi) is 9.33. The van der Waals surface area contributed by atoms with Crippen LogP contribution in [0.4, 0.5) is 0 Å². The molecule has 0 fully saturated rings. The number of esters is 1. The van der Waals surface area contributed by atoms with Gasteiger partial charge in [-0.15, -0.1) is 0 Å². The molecule has 0 rings (SSSR count). The molecule has 0 bridgehead atoms. The van der Waals surface area contributed by atoms with Gasteiger partial charge in [-0.1, -0.05) is 0 Å². The molecule has 7 heteroatoms. The van der Waals surface area contributed by atoms with Crippen LogP contribution in [0.2, 0.25) is 0 Å². The van der Waals surface area contributed by atoms with Crippen LogP contribution in [-0.4, -0.2) is 51.5 Å². The third kappa shape index (κ3) is 10.7. The van der Waals surface area contributed by atoms with E-state index in [9.17, 15) is 4.79 Å². The van der Waals surface area contributed by atoms with Crippen molar-refractivity contribution < 1.29 is 19.0 Å². The summed E-state index contributed by atoms with van der Waals surface area (Å²) in [6.07, 6.45) is 0. The molecule has 0 aromatic carbocycles. The Labute approximate surface area is 94.7 Å². The van der Waals surface area contributed by atoms with Crippen molar-refractivity contribution >= 4 is 11.9 Å². The number of carbonyl (C=O) groups excluding carboxylic acids is 1. The van der Waals surface area contributed by atoms with E-state index in [1.165, 1.54) is 0 Å². The van der Waals surface area contributed by atoms with Crippen molar-refractivity contribution in [2.45, 2.75) is 6.92 Å². The highest BCUT2D eigenvalue weighted by Gasteiger charge is 2.00. The number of rotatable bonds is 9. The lowest BCUT2D eigenvalue weighted by Crippen LogP contribution is -2.23. The first-order valence-electron chi connectivity index (χ1n) is 5.03. The lowest BCUT2D eigenvalue weighted by atomic mass is 10.6.